The van der Waals surface area contributed by atoms with Crippen LogP contribution in [0, 0.1) is 0 Å². The summed E-state index contributed by atoms with van der Waals surface area (Å²) in [5, 5.41) is 20.4. The number of halogens is 2. The molecule has 2 aromatic carbocycles. The van der Waals surface area contributed by atoms with E-state index in [2.05, 4.69) is 35.8 Å². The molecule has 4 aromatic rings. The maximum Gasteiger partial charge on any atom is 0.293 e. The van der Waals surface area contributed by atoms with E-state index in [4.69, 9.17) is 28.9 Å². The standard InChI is InChI=1S/C20H16Cl2N8O2S/c1-11(14-8-7-12(21)9-15(14)22)24-26-20(31)17-16(10-33-13-5-3-2-4-6-13)30(29-25-17)19-18(23)27-32-28-19/h2-9H,10H2,1H3,(H2,23,27)(H,26,31). The number of benzene rings is 2. The molecule has 2 heterocycles. The quantitative estimate of drug-likeness (QED) is 0.220. The third-order valence-electron chi connectivity index (χ3n) is 4.44. The van der Waals surface area contributed by atoms with Crippen LogP contribution in [0.2, 0.25) is 10.0 Å². The van der Waals surface area contributed by atoms with Gasteiger partial charge in [-0.1, -0.05) is 52.7 Å². The SMILES string of the molecule is CC(=NNC(=O)c1nnn(-c2nonc2N)c1CSc1ccccc1)c1ccc(Cl)cc1Cl. The van der Waals surface area contributed by atoms with Crippen molar-refractivity contribution in [1.29, 1.82) is 0 Å². The Morgan fingerprint density at radius 2 is 2.00 bits per heavy atom. The summed E-state index contributed by atoms with van der Waals surface area (Å²) in [6, 6.07) is 14.7. The highest BCUT2D eigenvalue weighted by atomic mass is 35.5. The monoisotopic (exact) mass is 502 g/mol. The Labute approximate surface area is 202 Å². The molecule has 0 unspecified atom stereocenters. The van der Waals surface area contributed by atoms with Crippen molar-refractivity contribution in [2.75, 3.05) is 5.73 Å². The zero-order chi connectivity index (χ0) is 23.4. The highest BCUT2D eigenvalue weighted by Gasteiger charge is 2.24. The molecule has 0 bridgehead atoms. The molecule has 0 aliphatic carbocycles. The number of hydrazone groups is 1. The Kier molecular flexibility index (Phi) is 6.92. The molecule has 0 fully saturated rings. The maximum absolute atomic E-state index is 12.9. The minimum atomic E-state index is -0.565. The molecule has 13 heteroatoms. The number of carbonyl (C=O) groups is 1. The van der Waals surface area contributed by atoms with E-state index < -0.39 is 5.91 Å². The lowest BCUT2D eigenvalue weighted by molar-refractivity contribution is 0.0949. The van der Waals surface area contributed by atoms with E-state index in [9.17, 15) is 4.79 Å². The summed E-state index contributed by atoms with van der Waals surface area (Å²) in [6.45, 7) is 1.71. The predicted molar refractivity (Wildman–Crippen MR) is 126 cm³/mol. The molecule has 0 saturated heterocycles. The van der Waals surface area contributed by atoms with Crippen LogP contribution < -0.4 is 11.2 Å². The zero-order valence-corrected chi connectivity index (χ0v) is 19.4. The summed E-state index contributed by atoms with van der Waals surface area (Å²) >= 11 is 13.6. The van der Waals surface area contributed by atoms with Crippen LogP contribution in [0.3, 0.4) is 0 Å². The van der Waals surface area contributed by atoms with Crippen LogP contribution in [0.15, 0.2) is 63.2 Å². The lowest BCUT2D eigenvalue weighted by Crippen LogP contribution is -2.21. The normalized spacial score (nSPS) is 11.5. The Hall–Kier alpha value is -3.41. The fourth-order valence-electron chi connectivity index (χ4n) is 2.81. The minimum Gasteiger partial charge on any atom is -0.378 e. The first-order valence-corrected chi connectivity index (χ1v) is 11.2. The molecule has 33 heavy (non-hydrogen) atoms. The van der Waals surface area contributed by atoms with Gasteiger partial charge in [0, 0.05) is 21.2 Å². The average molecular weight is 503 g/mol. The molecule has 0 aliphatic heterocycles. The van der Waals surface area contributed by atoms with Crippen LogP contribution in [0.1, 0.15) is 28.7 Å². The summed E-state index contributed by atoms with van der Waals surface area (Å²) in [6.07, 6.45) is 0. The molecule has 0 aliphatic rings. The molecule has 10 nitrogen and oxygen atoms in total. The molecular weight excluding hydrogens is 487 g/mol. The van der Waals surface area contributed by atoms with Gasteiger partial charge in [-0.15, -0.1) is 16.9 Å². The van der Waals surface area contributed by atoms with Crippen molar-refractivity contribution in [3.63, 3.8) is 0 Å². The van der Waals surface area contributed by atoms with Gasteiger partial charge in [-0.05, 0) is 41.5 Å². The van der Waals surface area contributed by atoms with Crippen molar-refractivity contribution in [3.8, 4) is 5.82 Å². The van der Waals surface area contributed by atoms with Crippen molar-refractivity contribution in [3.05, 3.63) is 75.5 Å². The Morgan fingerprint density at radius 3 is 2.70 bits per heavy atom. The van der Waals surface area contributed by atoms with Gasteiger partial charge < -0.3 is 5.73 Å². The number of anilines is 1. The number of nitrogens with one attached hydrogen (secondary N) is 1. The molecule has 0 spiro atoms. The van der Waals surface area contributed by atoms with Gasteiger partial charge in [0.2, 0.25) is 11.6 Å². The van der Waals surface area contributed by atoms with Gasteiger partial charge in [0.15, 0.2) is 5.69 Å². The first-order valence-electron chi connectivity index (χ1n) is 9.45. The number of carbonyl (C=O) groups excluding carboxylic acids is 1. The van der Waals surface area contributed by atoms with Gasteiger partial charge in [0.1, 0.15) is 0 Å². The summed E-state index contributed by atoms with van der Waals surface area (Å²) < 4.78 is 5.99. The smallest absolute Gasteiger partial charge is 0.293 e. The first kappa shape index (κ1) is 22.8. The van der Waals surface area contributed by atoms with E-state index in [0.29, 0.717) is 32.8 Å². The van der Waals surface area contributed by atoms with E-state index in [1.54, 1.807) is 25.1 Å². The molecular formula is C20H16Cl2N8O2S. The van der Waals surface area contributed by atoms with E-state index in [-0.39, 0.29) is 17.3 Å². The average Bonchev–Trinajstić information content (AvgIpc) is 3.42. The summed E-state index contributed by atoms with van der Waals surface area (Å²) in [4.78, 5) is 13.9. The summed E-state index contributed by atoms with van der Waals surface area (Å²) in [5.74, 6) is -0.0658. The second-order valence-electron chi connectivity index (χ2n) is 6.63. The van der Waals surface area contributed by atoms with Gasteiger partial charge in [-0.2, -0.15) is 9.78 Å². The molecule has 0 atom stereocenters. The molecule has 168 valence electrons. The first-order chi connectivity index (χ1) is 15.9. The van der Waals surface area contributed by atoms with Crippen LogP contribution >= 0.6 is 35.0 Å². The number of aromatic nitrogens is 5. The Bertz CT molecular complexity index is 1320. The van der Waals surface area contributed by atoms with Crippen LogP contribution in [0.4, 0.5) is 5.82 Å². The second kappa shape index (κ2) is 10.0. The number of nitrogens with two attached hydrogens (primary N) is 1. The Balaban J connectivity index is 1.61. The van der Waals surface area contributed by atoms with E-state index >= 15 is 0 Å². The number of thioether (sulfide) groups is 1. The molecule has 0 saturated carbocycles. The van der Waals surface area contributed by atoms with Crippen LogP contribution in [0.25, 0.3) is 5.82 Å². The summed E-state index contributed by atoms with van der Waals surface area (Å²) in [5.41, 5.74) is 9.93. The number of rotatable bonds is 7. The van der Waals surface area contributed by atoms with E-state index in [1.807, 2.05) is 30.3 Å². The predicted octanol–water partition coefficient (Wildman–Crippen LogP) is 3.99. The largest absolute Gasteiger partial charge is 0.378 e. The second-order valence-corrected chi connectivity index (χ2v) is 8.53. The van der Waals surface area contributed by atoms with Gasteiger partial charge in [-0.3, -0.25) is 4.79 Å². The lowest BCUT2D eigenvalue weighted by Gasteiger charge is -2.07. The van der Waals surface area contributed by atoms with Gasteiger partial charge >= 0.3 is 0 Å². The fraction of sp³-hybridized carbons (Fsp3) is 0.100. The third-order valence-corrected chi connectivity index (χ3v) is 6.01. The van der Waals surface area contributed by atoms with Crippen molar-refractivity contribution in [2.24, 2.45) is 5.10 Å². The molecule has 2 aromatic heterocycles. The van der Waals surface area contributed by atoms with Crippen molar-refractivity contribution in [1.82, 2.24) is 30.7 Å². The van der Waals surface area contributed by atoms with Crippen molar-refractivity contribution in [2.45, 2.75) is 17.6 Å². The van der Waals surface area contributed by atoms with E-state index in [0.717, 1.165) is 4.90 Å². The topological polar surface area (TPSA) is 137 Å². The molecule has 0 radical (unpaired) electrons. The van der Waals surface area contributed by atoms with Crippen molar-refractivity contribution >= 4 is 52.4 Å². The minimum absolute atomic E-state index is 0.0177. The molecule has 1 amide bonds. The number of nitrogens with zero attached hydrogens (tertiary/aromatic N) is 6. The van der Waals surface area contributed by atoms with Crippen LogP contribution in [0.5, 0.6) is 0 Å². The fourth-order valence-corrected chi connectivity index (χ4v) is 4.27. The number of amides is 1. The third kappa shape index (κ3) is 5.16. The molecule has 3 N–H and O–H groups in total. The van der Waals surface area contributed by atoms with Crippen LogP contribution in [-0.2, 0) is 5.75 Å². The highest BCUT2D eigenvalue weighted by Crippen LogP contribution is 2.26. The molecule has 4 rings (SSSR count). The lowest BCUT2D eigenvalue weighted by atomic mass is 10.1. The zero-order valence-electron chi connectivity index (χ0n) is 17.1. The highest BCUT2D eigenvalue weighted by molar-refractivity contribution is 7.98. The summed E-state index contributed by atoms with van der Waals surface area (Å²) in [7, 11) is 0. The Morgan fingerprint density at radius 1 is 1.21 bits per heavy atom. The van der Waals surface area contributed by atoms with Gasteiger partial charge in [0.25, 0.3) is 5.91 Å². The number of nitrogen functional groups attached to an aromatic ring is 1. The van der Waals surface area contributed by atoms with Gasteiger partial charge in [-0.25, -0.2) is 10.1 Å². The maximum atomic E-state index is 12.9. The van der Waals surface area contributed by atoms with Crippen LogP contribution in [-0.4, -0.2) is 36.9 Å². The van der Waals surface area contributed by atoms with Gasteiger partial charge in [0.05, 0.1) is 16.4 Å². The van der Waals surface area contributed by atoms with Crippen molar-refractivity contribution < 1.29 is 9.42 Å². The number of hydrogen-bond acceptors (Lipinski definition) is 9. The van der Waals surface area contributed by atoms with E-state index in [1.165, 1.54) is 16.4 Å². The number of hydrogen-bond donors (Lipinski definition) is 2.